The van der Waals surface area contributed by atoms with Gasteiger partial charge in [-0.3, -0.25) is 8.98 Å². The standard InChI is InChI=1S/C20H24ClFN2O4S/c1-20(2,3)14-6-8-18(15(21)10-14)28-12-19(25)23-11-13-5-7-17(16(22)9-13)24-29(26)27-4/h5-10,29H,11-12H2,1-4H3,(H,23,25). The Labute approximate surface area is 176 Å². The van der Waals surface area contributed by atoms with Gasteiger partial charge in [0.05, 0.1) is 12.1 Å². The van der Waals surface area contributed by atoms with Crippen LogP contribution in [-0.2, 0) is 31.8 Å². The number of halogens is 2. The fourth-order valence-electron chi connectivity index (χ4n) is 2.35. The second-order valence-electron chi connectivity index (χ2n) is 7.27. The van der Waals surface area contributed by atoms with Crippen LogP contribution in [0.25, 0.3) is 0 Å². The zero-order valence-corrected chi connectivity index (χ0v) is 18.3. The lowest BCUT2D eigenvalue weighted by Crippen LogP contribution is -2.28. The van der Waals surface area contributed by atoms with E-state index >= 15 is 0 Å². The smallest absolute Gasteiger partial charge is 0.258 e. The molecule has 1 unspecified atom stereocenters. The Morgan fingerprint density at radius 2 is 1.97 bits per heavy atom. The lowest BCUT2D eigenvalue weighted by Gasteiger charge is -2.20. The number of nitrogens with zero attached hydrogens (tertiary/aromatic N) is 1. The van der Waals surface area contributed by atoms with Gasteiger partial charge >= 0.3 is 0 Å². The van der Waals surface area contributed by atoms with Crippen LogP contribution in [0.1, 0.15) is 31.9 Å². The van der Waals surface area contributed by atoms with Crippen molar-refractivity contribution in [1.82, 2.24) is 5.32 Å². The van der Waals surface area contributed by atoms with Crippen LogP contribution in [0, 0.1) is 5.82 Å². The van der Waals surface area contributed by atoms with Crippen LogP contribution in [0.4, 0.5) is 10.1 Å². The topological polar surface area (TPSA) is 77.0 Å². The molecule has 158 valence electrons. The zero-order valence-electron chi connectivity index (χ0n) is 16.7. The molecule has 29 heavy (non-hydrogen) atoms. The van der Waals surface area contributed by atoms with Gasteiger partial charge in [-0.15, -0.1) is 0 Å². The molecule has 1 amide bonds. The number of rotatable bonds is 7. The van der Waals surface area contributed by atoms with Gasteiger partial charge in [-0.05, 0) is 40.8 Å². The summed E-state index contributed by atoms with van der Waals surface area (Å²) in [5.74, 6) is -0.615. The third-order valence-electron chi connectivity index (χ3n) is 4.00. The number of carbonyl (C=O) groups excluding carboxylic acids is 1. The second-order valence-corrected chi connectivity index (χ2v) is 8.71. The fourth-order valence-corrected chi connectivity index (χ4v) is 3.00. The number of carbonyl (C=O) groups is 1. The molecule has 1 atom stereocenters. The summed E-state index contributed by atoms with van der Waals surface area (Å²) in [6.45, 7) is 6.11. The minimum atomic E-state index is -2.30. The van der Waals surface area contributed by atoms with Crippen molar-refractivity contribution in [3.63, 3.8) is 0 Å². The Hall–Kier alpha value is -2.16. The summed E-state index contributed by atoms with van der Waals surface area (Å²) in [4.78, 5) is 12.0. The first-order valence-electron chi connectivity index (χ1n) is 8.81. The largest absolute Gasteiger partial charge is 0.482 e. The number of benzene rings is 2. The molecule has 0 aliphatic heterocycles. The minimum absolute atomic E-state index is 0.0448. The van der Waals surface area contributed by atoms with Gasteiger partial charge in [0, 0.05) is 6.54 Å². The Morgan fingerprint density at radius 1 is 1.24 bits per heavy atom. The Kier molecular flexibility index (Phi) is 8.01. The average molecular weight is 443 g/mol. The molecule has 9 heteroatoms. The first-order chi connectivity index (χ1) is 13.6. The van der Waals surface area contributed by atoms with E-state index in [4.69, 9.17) is 16.3 Å². The van der Waals surface area contributed by atoms with E-state index in [1.807, 2.05) is 12.1 Å². The maximum Gasteiger partial charge on any atom is 0.258 e. The first kappa shape index (κ1) is 23.1. The molecule has 0 saturated heterocycles. The molecule has 2 aromatic carbocycles. The molecule has 0 radical (unpaired) electrons. The summed E-state index contributed by atoms with van der Waals surface area (Å²) in [5, 5.41) is 3.07. The van der Waals surface area contributed by atoms with Crippen LogP contribution in [-0.4, -0.2) is 23.8 Å². The molecular weight excluding hydrogens is 419 g/mol. The lowest BCUT2D eigenvalue weighted by molar-refractivity contribution is -0.123. The Morgan fingerprint density at radius 3 is 2.55 bits per heavy atom. The van der Waals surface area contributed by atoms with Crippen molar-refractivity contribution in [3.8, 4) is 5.75 Å². The van der Waals surface area contributed by atoms with Crippen LogP contribution in [0.15, 0.2) is 40.8 Å². The Balaban J connectivity index is 1.91. The summed E-state index contributed by atoms with van der Waals surface area (Å²) in [6.07, 6.45) is 0. The van der Waals surface area contributed by atoms with Crippen LogP contribution in [0.5, 0.6) is 5.75 Å². The molecule has 2 rings (SSSR count). The van der Waals surface area contributed by atoms with E-state index in [-0.39, 0.29) is 30.2 Å². The van der Waals surface area contributed by atoms with Crippen LogP contribution in [0.2, 0.25) is 5.02 Å². The van der Waals surface area contributed by atoms with E-state index in [9.17, 15) is 13.4 Å². The highest BCUT2D eigenvalue weighted by Crippen LogP contribution is 2.31. The molecule has 2 aromatic rings. The monoisotopic (exact) mass is 442 g/mol. The van der Waals surface area contributed by atoms with Gasteiger partial charge in [-0.1, -0.05) is 44.5 Å². The highest BCUT2D eigenvalue weighted by Gasteiger charge is 2.16. The summed E-state index contributed by atoms with van der Waals surface area (Å²) >= 11 is 6.23. The molecule has 6 nitrogen and oxygen atoms in total. The van der Waals surface area contributed by atoms with Crippen molar-refractivity contribution in [2.24, 2.45) is 4.36 Å². The second kappa shape index (κ2) is 10.0. The van der Waals surface area contributed by atoms with Gasteiger partial charge in [0.1, 0.15) is 17.3 Å². The summed E-state index contributed by atoms with van der Waals surface area (Å²) in [6, 6.07) is 9.62. The van der Waals surface area contributed by atoms with E-state index in [2.05, 4.69) is 34.6 Å². The molecular formula is C20H24ClFN2O4S. The van der Waals surface area contributed by atoms with Crippen LogP contribution in [0.3, 0.4) is 0 Å². The molecule has 0 bridgehead atoms. The van der Waals surface area contributed by atoms with Gasteiger partial charge < -0.3 is 10.1 Å². The van der Waals surface area contributed by atoms with Crippen LogP contribution >= 0.6 is 11.6 Å². The van der Waals surface area contributed by atoms with Gasteiger partial charge in [-0.2, -0.15) is 4.36 Å². The summed E-state index contributed by atoms with van der Waals surface area (Å²) < 4.78 is 38.8. The predicted octanol–water partition coefficient (Wildman–Crippen LogP) is 4.33. The van der Waals surface area contributed by atoms with Crippen molar-refractivity contribution in [2.75, 3.05) is 13.7 Å². The first-order valence-corrected chi connectivity index (χ1v) is 10.3. The lowest BCUT2D eigenvalue weighted by atomic mass is 9.87. The van der Waals surface area contributed by atoms with Crippen molar-refractivity contribution in [3.05, 3.63) is 58.4 Å². The number of hydrogen-bond donors (Lipinski definition) is 2. The van der Waals surface area contributed by atoms with Crippen molar-refractivity contribution >= 4 is 34.1 Å². The number of ether oxygens (including phenoxy) is 1. The zero-order chi connectivity index (χ0) is 21.6. The quantitative estimate of drug-likeness (QED) is 0.626. The predicted molar refractivity (Wildman–Crippen MR) is 113 cm³/mol. The minimum Gasteiger partial charge on any atom is -0.482 e. The molecule has 0 saturated carbocycles. The fraction of sp³-hybridized carbons (Fsp3) is 0.350. The van der Waals surface area contributed by atoms with E-state index in [1.54, 1.807) is 12.1 Å². The molecule has 0 heterocycles. The van der Waals surface area contributed by atoms with Crippen molar-refractivity contribution in [1.29, 1.82) is 0 Å². The third-order valence-corrected chi connectivity index (χ3v) is 4.99. The van der Waals surface area contributed by atoms with Crippen LogP contribution < -0.4 is 10.1 Å². The highest BCUT2D eigenvalue weighted by molar-refractivity contribution is 7.69. The van der Waals surface area contributed by atoms with E-state index in [1.165, 1.54) is 19.2 Å². The summed E-state index contributed by atoms with van der Waals surface area (Å²) in [5.41, 5.74) is 1.47. The van der Waals surface area contributed by atoms with Gasteiger partial charge in [0.15, 0.2) is 17.5 Å². The third kappa shape index (κ3) is 6.99. The molecule has 0 aromatic heterocycles. The maximum atomic E-state index is 14.0. The average Bonchev–Trinajstić information content (AvgIpc) is 2.66. The Bertz CT molecular complexity index is 969. The number of thiol groups is 1. The van der Waals surface area contributed by atoms with Gasteiger partial charge in [0.25, 0.3) is 5.91 Å². The number of hydrogen-bond acceptors (Lipinski definition) is 5. The highest BCUT2D eigenvalue weighted by atomic mass is 35.5. The van der Waals surface area contributed by atoms with E-state index < -0.39 is 16.7 Å². The molecule has 0 aliphatic rings. The van der Waals surface area contributed by atoms with E-state index in [0.29, 0.717) is 16.3 Å². The van der Waals surface area contributed by atoms with Crippen molar-refractivity contribution in [2.45, 2.75) is 32.7 Å². The van der Waals surface area contributed by atoms with Crippen molar-refractivity contribution < 1.29 is 22.3 Å². The maximum absolute atomic E-state index is 14.0. The number of nitrogens with one attached hydrogen (secondary N) is 1. The number of amides is 1. The SMILES string of the molecule is CO[SH](=O)=Nc1ccc(CNC(=O)COc2ccc(C(C)(C)C)cc2Cl)cc1F. The van der Waals surface area contributed by atoms with Gasteiger partial charge in [-0.25, -0.2) is 8.60 Å². The molecule has 0 spiro atoms. The van der Waals surface area contributed by atoms with Gasteiger partial charge in [0.2, 0.25) is 0 Å². The summed E-state index contributed by atoms with van der Waals surface area (Å²) in [7, 11) is -1.08. The molecule has 1 N–H and O–H groups in total. The van der Waals surface area contributed by atoms with E-state index in [0.717, 1.165) is 5.56 Å². The molecule has 0 aliphatic carbocycles. The normalized spacial score (nSPS) is 12.6. The molecule has 0 fully saturated rings.